The summed E-state index contributed by atoms with van der Waals surface area (Å²) in [6.45, 7) is 0.539. The predicted molar refractivity (Wildman–Crippen MR) is 85.8 cm³/mol. The maximum Gasteiger partial charge on any atom is 0.0813 e. The summed E-state index contributed by atoms with van der Waals surface area (Å²) in [5.41, 5.74) is 0. The molecule has 0 aliphatic heterocycles. The average Bonchev–Trinajstić information content (AvgIpc) is 2.85. The average molecular weight is 279 g/mol. The molecule has 0 radical (unpaired) electrons. The standard InChI is InChI=1S/C18H33NO/c20-19-15-14-18-9-5-8-17(12-13-18)11-10-16-6-3-1-2-4-7-16/h16-18H,1-15H2/t17?,18-/m0/s1. The van der Waals surface area contributed by atoms with Crippen LogP contribution in [0.4, 0.5) is 0 Å². The fourth-order valence-corrected chi connectivity index (χ4v) is 4.39. The van der Waals surface area contributed by atoms with Gasteiger partial charge in [0.05, 0.1) is 6.54 Å². The highest BCUT2D eigenvalue weighted by Gasteiger charge is 2.20. The van der Waals surface area contributed by atoms with E-state index >= 15 is 0 Å². The first-order chi connectivity index (χ1) is 9.88. The molecular weight excluding hydrogens is 246 g/mol. The van der Waals surface area contributed by atoms with Gasteiger partial charge in [0.25, 0.3) is 0 Å². The lowest BCUT2D eigenvalue weighted by atomic mass is 9.87. The van der Waals surface area contributed by atoms with E-state index < -0.39 is 0 Å². The predicted octanol–water partition coefficient (Wildman–Crippen LogP) is 6.09. The molecule has 116 valence electrons. The molecule has 2 fully saturated rings. The molecule has 0 aromatic carbocycles. The van der Waals surface area contributed by atoms with Gasteiger partial charge in [0.15, 0.2) is 0 Å². The van der Waals surface area contributed by atoms with Gasteiger partial charge in [-0.3, -0.25) is 0 Å². The third-order valence-electron chi connectivity index (χ3n) is 5.79. The van der Waals surface area contributed by atoms with Crippen LogP contribution in [-0.4, -0.2) is 6.54 Å². The molecule has 0 amide bonds. The van der Waals surface area contributed by atoms with Crippen molar-refractivity contribution in [3.8, 4) is 0 Å². The lowest BCUT2D eigenvalue weighted by molar-refractivity contribution is 0.336. The molecule has 0 N–H and O–H groups in total. The molecule has 0 bridgehead atoms. The van der Waals surface area contributed by atoms with E-state index in [1.54, 1.807) is 0 Å². The fourth-order valence-electron chi connectivity index (χ4n) is 4.39. The van der Waals surface area contributed by atoms with E-state index in [1.165, 1.54) is 83.5 Å². The highest BCUT2D eigenvalue weighted by Crippen LogP contribution is 2.34. The fraction of sp³-hybridized carbons (Fsp3) is 1.00. The zero-order valence-electron chi connectivity index (χ0n) is 13.2. The molecule has 0 saturated heterocycles. The maximum atomic E-state index is 10.3. The van der Waals surface area contributed by atoms with Crippen molar-refractivity contribution in [1.82, 2.24) is 0 Å². The second-order valence-electron chi connectivity index (χ2n) is 7.32. The monoisotopic (exact) mass is 279 g/mol. The molecule has 0 aromatic rings. The Hall–Kier alpha value is -0.400. The van der Waals surface area contributed by atoms with Crippen LogP contribution in [0.2, 0.25) is 0 Å². The molecule has 1 unspecified atom stereocenters. The van der Waals surface area contributed by atoms with E-state index in [0.29, 0.717) is 6.54 Å². The summed E-state index contributed by atoms with van der Waals surface area (Å²) in [5.74, 6) is 2.80. The van der Waals surface area contributed by atoms with Gasteiger partial charge in [-0.2, -0.15) is 4.91 Å². The van der Waals surface area contributed by atoms with Crippen molar-refractivity contribution in [3.05, 3.63) is 4.91 Å². The van der Waals surface area contributed by atoms with Crippen LogP contribution in [0, 0.1) is 22.7 Å². The maximum absolute atomic E-state index is 10.3. The Morgan fingerprint density at radius 1 is 0.600 bits per heavy atom. The molecule has 20 heavy (non-hydrogen) atoms. The van der Waals surface area contributed by atoms with Gasteiger partial charge < -0.3 is 0 Å². The third kappa shape index (κ3) is 5.93. The summed E-state index contributed by atoms with van der Waals surface area (Å²) in [6, 6.07) is 0. The van der Waals surface area contributed by atoms with Gasteiger partial charge in [-0.25, -0.2) is 0 Å². The second kappa shape index (κ2) is 9.52. The number of hydrogen-bond acceptors (Lipinski definition) is 2. The minimum absolute atomic E-state index is 0.539. The van der Waals surface area contributed by atoms with E-state index in [9.17, 15) is 4.91 Å². The highest BCUT2D eigenvalue weighted by atomic mass is 16.3. The van der Waals surface area contributed by atoms with Crippen molar-refractivity contribution >= 4 is 0 Å². The molecule has 2 aliphatic rings. The SMILES string of the molecule is O=NCC[C@H]1CCCC(CCC2CCCCCC2)CC1. The summed E-state index contributed by atoms with van der Waals surface area (Å²) in [6.07, 6.45) is 19.9. The zero-order valence-corrected chi connectivity index (χ0v) is 13.2. The minimum Gasteiger partial charge on any atom is -0.151 e. The number of nitroso groups, excluding NO2 is 1. The van der Waals surface area contributed by atoms with Crippen LogP contribution in [0.15, 0.2) is 5.18 Å². The molecular formula is C18H33NO. The molecule has 0 heterocycles. The number of rotatable bonds is 6. The van der Waals surface area contributed by atoms with Gasteiger partial charge in [-0.15, -0.1) is 0 Å². The summed E-state index contributed by atoms with van der Waals surface area (Å²) >= 11 is 0. The lowest BCUT2D eigenvalue weighted by Crippen LogP contribution is -2.05. The van der Waals surface area contributed by atoms with E-state index in [1.807, 2.05) is 0 Å². The van der Waals surface area contributed by atoms with Crippen molar-refractivity contribution in [2.45, 2.75) is 89.9 Å². The minimum atomic E-state index is 0.539. The summed E-state index contributed by atoms with van der Waals surface area (Å²) in [5, 5.41) is 3.04. The number of hydrogen-bond donors (Lipinski definition) is 0. The smallest absolute Gasteiger partial charge is 0.0813 e. The van der Waals surface area contributed by atoms with Crippen LogP contribution in [-0.2, 0) is 0 Å². The number of nitrogens with zero attached hydrogens (tertiary/aromatic N) is 1. The Labute approximate surface area is 125 Å². The largest absolute Gasteiger partial charge is 0.151 e. The van der Waals surface area contributed by atoms with Gasteiger partial charge in [0, 0.05) is 0 Å². The van der Waals surface area contributed by atoms with Gasteiger partial charge in [0.2, 0.25) is 0 Å². The topological polar surface area (TPSA) is 29.4 Å². The molecule has 2 rings (SSSR count). The van der Waals surface area contributed by atoms with E-state index in [4.69, 9.17) is 0 Å². The van der Waals surface area contributed by atoms with Crippen molar-refractivity contribution in [2.24, 2.45) is 22.9 Å². The Morgan fingerprint density at radius 3 is 1.70 bits per heavy atom. The first-order valence-electron chi connectivity index (χ1n) is 9.17. The van der Waals surface area contributed by atoms with Crippen molar-refractivity contribution < 1.29 is 0 Å². The normalized spacial score (nSPS) is 29.6. The summed E-state index contributed by atoms with van der Waals surface area (Å²) < 4.78 is 0. The Morgan fingerprint density at radius 2 is 1.10 bits per heavy atom. The van der Waals surface area contributed by atoms with Crippen LogP contribution in [0.25, 0.3) is 0 Å². The molecule has 2 aliphatic carbocycles. The lowest BCUT2D eigenvalue weighted by Gasteiger charge is -2.19. The third-order valence-corrected chi connectivity index (χ3v) is 5.79. The zero-order chi connectivity index (χ0) is 14.0. The highest BCUT2D eigenvalue weighted by molar-refractivity contribution is 4.73. The molecule has 0 spiro atoms. The van der Waals surface area contributed by atoms with Crippen LogP contribution in [0.1, 0.15) is 89.9 Å². The van der Waals surface area contributed by atoms with Crippen LogP contribution in [0.5, 0.6) is 0 Å². The molecule has 2 atom stereocenters. The summed E-state index contributed by atoms with van der Waals surface area (Å²) in [4.78, 5) is 10.3. The van der Waals surface area contributed by atoms with Gasteiger partial charge in [-0.1, -0.05) is 88.6 Å². The van der Waals surface area contributed by atoms with Crippen LogP contribution >= 0.6 is 0 Å². The van der Waals surface area contributed by atoms with E-state index in [-0.39, 0.29) is 0 Å². The van der Waals surface area contributed by atoms with Gasteiger partial charge in [0.1, 0.15) is 0 Å². The Kier molecular flexibility index (Phi) is 7.61. The first kappa shape index (κ1) is 16.0. The first-order valence-corrected chi connectivity index (χ1v) is 9.17. The van der Waals surface area contributed by atoms with Crippen molar-refractivity contribution in [2.75, 3.05) is 6.54 Å². The van der Waals surface area contributed by atoms with Gasteiger partial charge in [-0.05, 0) is 24.2 Å². The van der Waals surface area contributed by atoms with Crippen LogP contribution < -0.4 is 0 Å². The van der Waals surface area contributed by atoms with E-state index in [0.717, 1.165) is 24.2 Å². The van der Waals surface area contributed by atoms with E-state index in [2.05, 4.69) is 5.18 Å². The Balaban J connectivity index is 1.64. The van der Waals surface area contributed by atoms with Gasteiger partial charge >= 0.3 is 0 Å². The van der Waals surface area contributed by atoms with Crippen molar-refractivity contribution in [3.63, 3.8) is 0 Å². The quantitative estimate of drug-likeness (QED) is 0.427. The summed E-state index contributed by atoms with van der Waals surface area (Å²) in [7, 11) is 0. The van der Waals surface area contributed by atoms with Crippen molar-refractivity contribution in [1.29, 1.82) is 0 Å². The molecule has 2 nitrogen and oxygen atoms in total. The molecule has 2 saturated carbocycles. The second-order valence-corrected chi connectivity index (χ2v) is 7.32. The Bertz CT molecular complexity index is 258. The molecule has 0 aromatic heterocycles. The molecule has 2 heteroatoms. The van der Waals surface area contributed by atoms with Crippen LogP contribution in [0.3, 0.4) is 0 Å².